The van der Waals surface area contributed by atoms with Gasteiger partial charge in [-0.1, -0.05) is 64.0 Å². The third-order valence-electron chi connectivity index (χ3n) is 4.63. The van der Waals surface area contributed by atoms with E-state index in [1.807, 2.05) is 0 Å². The molecule has 0 aliphatic rings. The normalized spacial score (nSPS) is 14.6. The first-order valence-corrected chi connectivity index (χ1v) is 13.2. The van der Waals surface area contributed by atoms with Crippen LogP contribution >= 0.6 is 7.82 Å². The van der Waals surface area contributed by atoms with E-state index in [1.54, 1.807) is 0 Å². The molecule has 9 heteroatoms. The predicted octanol–water partition coefficient (Wildman–Crippen LogP) is 4.63. The Morgan fingerprint density at radius 1 is 0.935 bits per heavy atom. The maximum atomic E-state index is 11.7. The fourth-order valence-electron chi connectivity index (χ4n) is 2.86. The summed E-state index contributed by atoms with van der Waals surface area (Å²) in [4.78, 5) is 21.0. The standard InChI is InChI=1S/C22H44NO7P/c1-2-3-4-5-6-7-8-9-10-11-12-13-14-15-16-22(25)28-19-21(24)20-30-31(26,27)29-18-17-23/h7-8,21,24H,2-6,9-20,23H2,1H3,(H,26,27)/b8-7+/t21-/m1/s1. The Labute approximate surface area is 188 Å². The van der Waals surface area contributed by atoms with Crippen LogP contribution in [0.25, 0.3) is 0 Å². The van der Waals surface area contributed by atoms with Gasteiger partial charge in [-0.2, -0.15) is 0 Å². The molecule has 8 nitrogen and oxygen atoms in total. The van der Waals surface area contributed by atoms with Crippen molar-refractivity contribution in [1.29, 1.82) is 0 Å². The van der Waals surface area contributed by atoms with Crippen LogP contribution in [0.15, 0.2) is 12.2 Å². The zero-order valence-electron chi connectivity index (χ0n) is 19.2. The molecule has 0 aromatic rings. The Morgan fingerprint density at radius 2 is 1.52 bits per heavy atom. The Bertz CT molecular complexity index is 502. The lowest BCUT2D eigenvalue weighted by Crippen LogP contribution is -2.23. The molecule has 1 unspecified atom stereocenters. The van der Waals surface area contributed by atoms with Crippen LogP contribution in [0.2, 0.25) is 0 Å². The van der Waals surface area contributed by atoms with Crippen molar-refractivity contribution in [2.24, 2.45) is 5.73 Å². The third kappa shape index (κ3) is 22.2. The van der Waals surface area contributed by atoms with Gasteiger partial charge in [0.1, 0.15) is 12.7 Å². The van der Waals surface area contributed by atoms with Crippen LogP contribution in [-0.4, -0.2) is 48.4 Å². The van der Waals surface area contributed by atoms with E-state index < -0.39 is 26.5 Å². The Balaban J connectivity index is 3.50. The molecule has 0 bridgehead atoms. The number of phosphoric ester groups is 1. The van der Waals surface area contributed by atoms with Gasteiger partial charge in [0, 0.05) is 13.0 Å². The summed E-state index contributed by atoms with van der Waals surface area (Å²) < 4.78 is 25.5. The van der Waals surface area contributed by atoms with Crippen LogP contribution in [0, 0.1) is 0 Å². The second-order valence-electron chi connectivity index (χ2n) is 7.70. The SMILES string of the molecule is CCCCCC/C=C/CCCCCCCCC(=O)OC[C@@H](O)COP(=O)(O)OCCN. The molecule has 2 atom stereocenters. The molecule has 0 aliphatic carbocycles. The Kier molecular flexibility index (Phi) is 20.6. The minimum atomic E-state index is -4.24. The van der Waals surface area contributed by atoms with E-state index in [2.05, 4.69) is 28.1 Å². The first kappa shape index (κ1) is 30.2. The summed E-state index contributed by atoms with van der Waals surface area (Å²) in [5.41, 5.74) is 5.16. The summed E-state index contributed by atoms with van der Waals surface area (Å²) in [6, 6.07) is 0. The molecule has 0 saturated heterocycles. The van der Waals surface area contributed by atoms with Gasteiger partial charge >= 0.3 is 13.8 Å². The topological polar surface area (TPSA) is 128 Å². The van der Waals surface area contributed by atoms with Gasteiger partial charge in [-0.15, -0.1) is 0 Å². The van der Waals surface area contributed by atoms with Crippen molar-refractivity contribution < 1.29 is 33.1 Å². The highest BCUT2D eigenvalue weighted by Crippen LogP contribution is 2.42. The molecule has 0 saturated carbocycles. The first-order valence-electron chi connectivity index (χ1n) is 11.7. The number of unbranched alkanes of at least 4 members (excludes halogenated alkanes) is 10. The average molecular weight is 466 g/mol. The quantitative estimate of drug-likeness (QED) is 0.0913. The first-order chi connectivity index (χ1) is 14.9. The third-order valence-corrected chi connectivity index (χ3v) is 5.62. The van der Waals surface area contributed by atoms with Crippen LogP contribution < -0.4 is 5.73 Å². The number of aliphatic hydroxyl groups excluding tert-OH is 1. The van der Waals surface area contributed by atoms with Gasteiger partial charge in [-0.25, -0.2) is 4.57 Å². The van der Waals surface area contributed by atoms with Crippen LogP contribution in [0.4, 0.5) is 0 Å². The summed E-state index contributed by atoms with van der Waals surface area (Å²) in [6.45, 7) is 1.41. The number of hydrogen-bond donors (Lipinski definition) is 3. The minimum Gasteiger partial charge on any atom is -0.463 e. The number of carbonyl (C=O) groups is 1. The number of aliphatic hydroxyl groups is 1. The summed E-state index contributed by atoms with van der Waals surface area (Å²) in [7, 11) is -4.24. The molecule has 0 radical (unpaired) electrons. The van der Waals surface area contributed by atoms with Gasteiger partial charge in [0.05, 0.1) is 13.2 Å². The van der Waals surface area contributed by atoms with Crippen molar-refractivity contribution in [2.75, 3.05) is 26.4 Å². The molecule has 4 N–H and O–H groups in total. The van der Waals surface area contributed by atoms with Crippen molar-refractivity contribution in [3.8, 4) is 0 Å². The van der Waals surface area contributed by atoms with E-state index in [0.29, 0.717) is 6.42 Å². The van der Waals surface area contributed by atoms with Crippen LogP contribution in [-0.2, 0) is 23.1 Å². The Morgan fingerprint density at radius 3 is 2.13 bits per heavy atom. The Hall–Kier alpha value is -0.760. The lowest BCUT2D eigenvalue weighted by Gasteiger charge is -2.15. The van der Waals surface area contributed by atoms with Gasteiger partial charge in [0.15, 0.2) is 0 Å². The van der Waals surface area contributed by atoms with E-state index >= 15 is 0 Å². The number of hydrogen-bond acceptors (Lipinski definition) is 7. The largest absolute Gasteiger partial charge is 0.472 e. The highest BCUT2D eigenvalue weighted by Gasteiger charge is 2.22. The zero-order chi connectivity index (χ0) is 23.2. The molecule has 0 spiro atoms. The number of esters is 1. The predicted molar refractivity (Wildman–Crippen MR) is 123 cm³/mol. The van der Waals surface area contributed by atoms with E-state index in [9.17, 15) is 19.4 Å². The smallest absolute Gasteiger partial charge is 0.463 e. The molecular weight excluding hydrogens is 421 g/mol. The monoisotopic (exact) mass is 465 g/mol. The molecule has 0 aromatic carbocycles. The highest BCUT2D eigenvalue weighted by atomic mass is 31.2. The molecule has 184 valence electrons. The summed E-state index contributed by atoms with van der Waals surface area (Å²) in [5.74, 6) is -0.394. The van der Waals surface area contributed by atoms with E-state index in [-0.39, 0.29) is 19.8 Å². The molecule has 0 fully saturated rings. The number of nitrogens with two attached hydrogens (primary N) is 1. The molecular formula is C22H44NO7P. The van der Waals surface area contributed by atoms with Gasteiger partial charge in [0.2, 0.25) is 0 Å². The number of ether oxygens (including phenoxy) is 1. The number of carbonyl (C=O) groups excluding carboxylic acids is 1. The fourth-order valence-corrected chi connectivity index (χ4v) is 3.63. The second kappa shape index (κ2) is 21.1. The molecule has 0 aliphatic heterocycles. The van der Waals surface area contributed by atoms with Gasteiger partial charge in [0.25, 0.3) is 0 Å². The fraction of sp³-hybridized carbons (Fsp3) is 0.864. The van der Waals surface area contributed by atoms with Crippen molar-refractivity contribution >= 4 is 13.8 Å². The number of allylic oxidation sites excluding steroid dienone is 2. The van der Waals surface area contributed by atoms with Crippen molar-refractivity contribution in [3.63, 3.8) is 0 Å². The summed E-state index contributed by atoms with van der Waals surface area (Å²) in [5, 5.41) is 9.66. The average Bonchev–Trinajstić information content (AvgIpc) is 2.75. The highest BCUT2D eigenvalue weighted by molar-refractivity contribution is 7.47. The van der Waals surface area contributed by atoms with E-state index in [1.165, 1.54) is 51.4 Å². The van der Waals surface area contributed by atoms with Crippen molar-refractivity contribution in [3.05, 3.63) is 12.2 Å². The zero-order valence-corrected chi connectivity index (χ0v) is 20.1. The maximum Gasteiger partial charge on any atom is 0.472 e. The number of rotatable bonds is 22. The molecule has 0 heterocycles. The van der Waals surface area contributed by atoms with Crippen LogP contribution in [0.1, 0.15) is 90.4 Å². The molecule has 0 amide bonds. The lowest BCUT2D eigenvalue weighted by molar-refractivity contribution is -0.147. The number of phosphoric acid groups is 1. The van der Waals surface area contributed by atoms with Crippen LogP contribution in [0.3, 0.4) is 0 Å². The van der Waals surface area contributed by atoms with Gasteiger partial charge < -0.3 is 20.5 Å². The van der Waals surface area contributed by atoms with Crippen molar-refractivity contribution in [2.45, 2.75) is 96.5 Å². The lowest BCUT2D eigenvalue weighted by atomic mass is 10.1. The minimum absolute atomic E-state index is 0.0741. The second-order valence-corrected chi connectivity index (χ2v) is 9.16. The molecule has 31 heavy (non-hydrogen) atoms. The van der Waals surface area contributed by atoms with Gasteiger partial charge in [-0.3, -0.25) is 13.8 Å². The molecule has 0 aromatic heterocycles. The summed E-state index contributed by atoms with van der Waals surface area (Å²) in [6.07, 6.45) is 17.7. The molecule has 0 rings (SSSR count). The van der Waals surface area contributed by atoms with E-state index in [4.69, 9.17) is 10.5 Å². The maximum absolute atomic E-state index is 11.7. The van der Waals surface area contributed by atoms with Crippen LogP contribution in [0.5, 0.6) is 0 Å². The van der Waals surface area contributed by atoms with E-state index in [0.717, 1.165) is 25.7 Å². The summed E-state index contributed by atoms with van der Waals surface area (Å²) >= 11 is 0. The van der Waals surface area contributed by atoms with Gasteiger partial charge in [-0.05, 0) is 32.1 Å². The van der Waals surface area contributed by atoms with Crippen molar-refractivity contribution in [1.82, 2.24) is 0 Å².